The minimum Gasteiger partial charge on any atom is -0.267 e. The first kappa shape index (κ1) is 11.0. The number of rotatable bonds is 2. The molecule has 0 fully saturated rings. The van der Waals surface area contributed by atoms with E-state index in [9.17, 15) is 8.78 Å². The lowest BCUT2D eigenvalue weighted by Crippen LogP contribution is -2.03. The molecule has 0 radical (unpaired) electrons. The van der Waals surface area contributed by atoms with Crippen molar-refractivity contribution in [1.82, 2.24) is 14.8 Å². The van der Waals surface area contributed by atoms with Crippen molar-refractivity contribution in [2.45, 2.75) is 13.3 Å². The summed E-state index contributed by atoms with van der Waals surface area (Å²) in [7, 11) is 0. The van der Waals surface area contributed by atoms with Gasteiger partial charge in [-0.05, 0) is 23.7 Å². The van der Waals surface area contributed by atoms with Gasteiger partial charge in [-0.2, -0.15) is 0 Å². The van der Waals surface area contributed by atoms with Crippen molar-refractivity contribution in [2.75, 3.05) is 0 Å². The number of hydrogen-bond donors (Lipinski definition) is 0. The number of aryl methyl sites for hydroxylation is 1. The highest BCUT2D eigenvalue weighted by Crippen LogP contribution is 2.21. The van der Waals surface area contributed by atoms with Gasteiger partial charge in [0.05, 0.1) is 5.69 Å². The number of halogens is 3. The van der Waals surface area contributed by atoms with Crippen LogP contribution < -0.4 is 0 Å². The fourth-order valence-electron chi connectivity index (χ4n) is 1.42. The third-order valence-corrected chi connectivity index (χ3v) is 2.40. The van der Waals surface area contributed by atoms with E-state index in [0.717, 1.165) is 18.2 Å². The Morgan fingerprint density at radius 1 is 1.31 bits per heavy atom. The van der Waals surface area contributed by atoms with Gasteiger partial charge in [0.1, 0.15) is 17.5 Å². The van der Waals surface area contributed by atoms with Gasteiger partial charge < -0.3 is 0 Å². The van der Waals surface area contributed by atoms with E-state index in [-0.39, 0.29) is 11.0 Å². The summed E-state index contributed by atoms with van der Waals surface area (Å²) >= 11 is 5.78. The number of benzene rings is 1. The predicted octanol–water partition coefficient (Wildman–Crippen LogP) is 2.76. The molecule has 0 amide bonds. The van der Waals surface area contributed by atoms with Crippen LogP contribution in [0.3, 0.4) is 0 Å². The summed E-state index contributed by atoms with van der Waals surface area (Å²) in [5, 5.41) is 7.41. The summed E-state index contributed by atoms with van der Waals surface area (Å²) in [5.41, 5.74) is 0.0202. The first-order valence-corrected chi connectivity index (χ1v) is 5.06. The fraction of sp³-hybridized carbons (Fsp3) is 0.200. The van der Waals surface area contributed by atoms with Gasteiger partial charge in [0, 0.05) is 12.5 Å². The molecule has 2 rings (SSSR count). The highest BCUT2D eigenvalue weighted by atomic mass is 35.5. The Labute approximate surface area is 95.7 Å². The molecule has 1 aromatic carbocycles. The number of aromatic nitrogens is 3. The Bertz CT molecular complexity index is 525. The molecule has 0 aliphatic carbocycles. The number of hydrogen-bond acceptors (Lipinski definition) is 2. The van der Waals surface area contributed by atoms with Gasteiger partial charge >= 0.3 is 0 Å². The van der Waals surface area contributed by atoms with Crippen molar-refractivity contribution in [3.8, 4) is 5.69 Å². The Morgan fingerprint density at radius 2 is 2.06 bits per heavy atom. The summed E-state index contributed by atoms with van der Waals surface area (Å²) in [6.45, 7) is 1.83. The number of nitrogens with zero attached hydrogens (tertiary/aromatic N) is 3. The lowest BCUT2D eigenvalue weighted by atomic mass is 10.3. The predicted molar refractivity (Wildman–Crippen MR) is 55.7 cm³/mol. The fourth-order valence-corrected chi connectivity index (χ4v) is 1.65. The second kappa shape index (κ2) is 4.17. The molecular weight excluding hydrogens is 236 g/mol. The van der Waals surface area contributed by atoms with Crippen molar-refractivity contribution < 1.29 is 8.78 Å². The zero-order valence-corrected chi connectivity index (χ0v) is 9.17. The summed E-state index contributed by atoms with van der Waals surface area (Å²) < 4.78 is 27.9. The van der Waals surface area contributed by atoms with Crippen molar-refractivity contribution >= 4 is 11.6 Å². The standard InChI is InChI=1S/C10H8ClF2N3/c1-2-9-14-15-10(11)16(9)8-5-6(12)3-4-7(8)13/h3-5H,2H2,1H3. The van der Waals surface area contributed by atoms with E-state index in [0.29, 0.717) is 12.2 Å². The molecule has 16 heavy (non-hydrogen) atoms. The maximum Gasteiger partial charge on any atom is 0.229 e. The van der Waals surface area contributed by atoms with Crippen molar-refractivity contribution in [3.05, 3.63) is 40.9 Å². The molecule has 1 heterocycles. The van der Waals surface area contributed by atoms with E-state index in [4.69, 9.17) is 11.6 Å². The maximum absolute atomic E-state index is 13.5. The van der Waals surface area contributed by atoms with E-state index in [2.05, 4.69) is 10.2 Å². The molecule has 0 saturated carbocycles. The Hall–Kier alpha value is -1.49. The smallest absolute Gasteiger partial charge is 0.229 e. The molecule has 3 nitrogen and oxygen atoms in total. The molecule has 2 aromatic rings. The zero-order chi connectivity index (χ0) is 11.7. The molecule has 84 valence electrons. The summed E-state index contributed by atoms with van der Waals surface area (Å²) in [6, 6.07) is 3.15. The van der Waals surface area contributed by atoms with Gasteiger partial charge in [-0.1, -0.05) is 6.92 Å². The van der Waals surface area contributed by atoms with Crippen molar-refractivity contribution in [3.63, 3.8) is 0 Å². The van der Waals surface area contributed by atoms with Crippen LogP contribution in [0.15, 0.2) is 18.2 Å². The molecule has 0 aliphatic heterocycles. The van der Waals surface area contributed by atoms with Crippen LogP contribution in [-0.4, -0.2) is 14.8 Å². The largest absolute Gasteiger partial charge is 0.267 e. The molecule has 0 atom stereocenters. The average molecular weight is 244 g/mol. The Kier molecular flexibility index (Phi) is 2.87. The minimum absolute atomic E-state index is 0.0151. The van der Waals surface area contributed by atoms with E-state index in [1.165, 1.54) is 4.57 Å². The topological polar surface area (TPSA) is 30.7 Å². The van der Waals surface area contributed by atoms with E-state index < -0.39 is 11.6 Å². The first-order chi connectivity index (χ1) is 7.63. The van der Waals surface area contributed by atoms with Crippen LogP contribution in [0.1, 0.15) is 12.7 Å². The van der Waals surface area contributed by atoms with Crippen molar-refractivity contribution in [2.24, 2.45) is 0 Å². The van der Waals surface area contributed by atoms with Crippen molar-refractivity contribution in [1.29, 1.82) is 0 Å². The molecule has 0 saturated heterocycles. The molecule has 0 N–H and O–H groups in total. The van der Waals surface area contributed by atoms with Crippen LogP contribution >= 0.6 is 11.6 Å². The van der Waals surface area contributed by atoms with E-state index in [1.807, 2.05) is 6.92 Å². The molecule has 0 aliphatic rings. The van der Waals surface area contributed by atoms with Crippen LogP contribution in [0.5, 0.6) is 0 Å². The summed E-state index contributed by atoms with van der Waals surface area (Å²) in [4.78, 5) is 0. The molecular formula is C10H8ClF2N3. The van der Waals surface area contributed by atoms with E-state index >= 15 is 0 Å². The van der Waals surface area contributed by atoms with Gasteiger partial charge in [-0.3, -0.25) is 4.57 Å². The molecule has 6 heteroatoms. The van der Waals surface area contributed by atoms with Crippen LogP contribution in [-0.2, 0) is 6.42 Å². The quantitative estimate of drug-likeness (QED) is 0.812. The second-order valence-corrected chi connectivity index (χ2v) is 3.51. The highest BCUT2D eigenvalue weighted by molar-refractivity contribution is 6.28. The van der Waals surface area contributed by atoms with Gasteiger partial charge in [0.2, 0.25) is 5.28 Å². The highest BCUT2D eigenvalue weighted by Gasteiger charge is 2.14. The minimum atomic E-state index is -0.571. The Morgan fingerprint density at radius 3 is 2.75 bits per heavy atom. The monoisotopic (exact) mass is 243 g/mol. The third-order valence-electron chi connectivity index (χ3n) is 2.16. The SMILES string of the molecule is CCc1nnc(Cl)n1-c1cc(F)ccc1F. The summed E-state index contributed by atoms with van der Waals surface area (Å²) in [6.07, 6.45) is 0.523. The lowest BCUT2D eigenvalue weighted by Gasteiger charge is -2.07. The summed E-state index contributed by atoms with van der Waals surface area (Å²) in [5.74, 6) is -0.629. The normalized spacial score (nSPS) is 10.8. The maximum atomic E-state index is 13.5. The van der Waals surface area contributed by atoms with Crippen LogP contribution in [0.2, 0.25) is 5.28 Å². The van der Waals surface area contributed by atoms with Gasteiger partial charge in [0.15, 0.2) is 0 Å². The van der Waals surface area contributed by atoms with Crippen LogP contribution in [0.4, 0.5) is 8.78 Å². The van der Waals surface area contributed by atoms with Gasteiger partial charge in [0.25, 0.3) is 0 Å². The van der Waals surface area contributed by atoms with E-state index in [1.54, 1.807) is 0 Å². The average Bonchev–Trinajstić information content (AvgIpc) is 2.63. The Balaban J connectivity index is 2.66. The second-order valence-electron chi connectivity index (χ2n) is 3.17. The molecule has 0 spiro atoms. The third kappa shape index (κ3) is 1.78. The van der Waals surface area contributed by atoms with Gasteiger partial charge in [-0.25, -0.2) is 8.78 Å². The lowest BCUT2D eigenvalue weighted by molar-refractivity contribution is 0.590. The molecule has 0 unspecified atom stereocenters. The molecule has 0 bridgehead atoms. The van der Waals surface area contributed by atoms with Crippen LogP contribution in [0, 0.1) is 11.6 Å². The molecule has 1 aromatic heterocycles. The zero-order valence-electron chi connectivity index (χ0n) is 8.41. The van der Waals surface area contributed by atoms with Gasteiger partial charge in [-0.15, -0.1) is 10.2 Å². The van der Waals surface area contributed by atoms with Crippen LogP contribution in [0.25, 0.3) is 5.69 Å². The first-order valence-electron chi connectivity index (χ1n) is 4.68.